The zero-order valence-electron chi connectivity index (χ0n) is 11.6. The Morgan fingerprint density at radius 1 is 1.47 bits per heavy atom. The quantitative estimate of drug-likeness (QED) is 0.716. The van der Waals surface area contributed by atoms with Gasteiger partial charge in [0.25, 0.3) is 0 Å². The molecule has 0 radical (unpaired) electrons. The maximum atomic E-state index is 12.2. The summed E-state index contributed by atoms with van der Waals surface area (Å²) in [6, 6.07) is 0.261. The van der Waals surface area contributed by atoms with Crippen molar-refractivity contribution in [1.29, 1.82) is 0 Å². The highest BCUT2D eigenvalue weighted by Crippen LogP contribution is 2.16. The lowest BCUT2D eigenvalue weighted by molar-refractivity contribution is -0.133. The summed E-state index contributed by atoms with van der Waals surface area (Å²) in [6.07, 6.45) is 0.572. The Bertz CT molecular complexity index is 438. The molecule has 2 aliphatic heterocycles. The lowest BCUT2D eigenvalue weighted by Crippen LogP contribution is -2.52. The molecule has 110 valence electrons. The van der Waals surface area contributed by atoms with Crippen molar-refractivity contribution in [2.24, 2.45) is 0 Å². The SMILES string of the molecule is C[C@H]1CN(CC(=O)N(C)C2CCS(=O)(=O)C2)CCN1. The number of carbonyl (C=O) groups excluding carboxylic acids is 1. The van der Waals surface area contributed by atoms with Crippen LogP contribution in [0.1, 0.15) is 13.3 Å². The number of amides is 1. The molecule has 7 heteroatoms. The van der Waals surface area contributed by atoms with Crippen molar-refractivity contribution in [3.63, 3.8) is 0 Å². The number of hydrogen-bond acceptors (Lipinski definition) is 5. The van der Waals surface area contributed by atoms with Gasteiger partial charge < -0.3 is 10.2 Å². The second-order valence-corrected chi connectivity index (χ2v) is 7.88. The third kappa shape index (κ3) is 3.90. The van der Waals surface area contributed by atoms with Gasteiger partial charge in [-0.1, -0.05) is 0 Å². The predicted octanol–water partition coefficient (Wildman–Crippen LogP) is -1.07. The van der Waals surface area contributed by atoms with Gasteiger partial charge in [-0.15, -0.1) is 0 Å². The first-order chi connectivity index (χ1) is 8.87. The van der Waals surface area contributed by atoms with E-state index in [-0.39, 0.29) is 23.5 Å². The topological polar surface area (TPSA) is 69.7 Å². The molecule has 6 nitrogen and oxygen atoms in total. The Morgan fingerprint density at radius 2 is 2.21 bits per heavy atom. The third-order valence-electron chi connectivity index (χ3n) is 3.96. The van der Waals surface area contributed by atoms with E-state index in [0.29, 0.717) is 19.0 Å². The number of rotatable bonds is 3. The smallest absolute Gasteiger partial charge is 0.236 e. The van der Waals surface area contributed by atoms with Gasteiger partial charge in [0.1, 0.15) is 0 Å². The summed E-state index contributed by atoms with van der Waals surface area (Å²) in [5.41, 5.74) is 0. The van der Waals surface area contributed by atoms with Gasteiger partial charge >= 0.3 is 0 Å². The van der Waals surface area contributed by atoms with Gasteiger partial charge in [0.05, 0.1) is 18.1 Å². The van der Waals surface area contributed by atoms with Gasteiger partial charge in [0, 0.05) is 38.8 Å². The molecular formula is C12H23N3O3S. The lowest BCUT2D eigenvalue weighted by Gasteiger charge is -2.33. The number of nitrogens with zero attached hydrogens (tertiary/aromatic N) is 2. The zero-order chi connectivity index (χ0) is 14.0. The monoisotopic (exact) mass is 289 g/mol. The molecule has 2 aliphatic rings. The number of piperazine rings is 1. The number of sulfone groups is 1. The van der Waals surface area contributed by atoms with E-state index in [1.165, 1.54) is 0 Å². The van der Waals surface area contributed by atoms with E-state index in [2.05, 4.69) is 17.1 Å². The maximum Gasteiger partial charge on any atom is 0.236 e. The molecule has 19 heavy (non-hydrogen) atoms. The van der Waals surface area contributed by atoms with E-state index in [4.69, 9.17) is 0 Å². The highest BCUT2D eigenvalue weighted by atomic mass is 32.2. The average Bonchev–Trinajstić information content (AvgIpc) is 2.68. The normalized spacial score (nSPS) is 31.3. The van der Waals surface area contributed by atoms with Crippen LogP contribution in [0.5, 0.6) is 0 Å². The van der Waals surface area contributed by atoms with Gasteiger partial charge in [-0.3, -0.25) is 9.69 Å². The van der Waals surface area contributed by atoms with Crippen LogP contribution in [0.25, 0.3) is 0 Å². The van der Waals surface area contributed by atoms with Crippen molar-refractivity contribution < 1.29 is 13.2 Å². The maximum absolute atomic E-state index is 12.2. The average molecular weight is 289 g/mol. The molecule has 0 aliphatic carbocycles. The van der Waals surface area contributed by atoms with E-state index in [0.717, 1.165) is 19.6 Å². The van der Waals surface area contributed by atoms with E-state index in [1.807, 2.05) is 0 Å². The van der Waals surface area contributed by atoms with Crippen LogP contribution in [-0.4, -0.2) is 80.9 Å². The van der Waals surface area contributed by atoms with Gasteiger partial charge in [-0.05, 0) is 13.3 Å². The van der Waals surface area contributed by atoms with E-state index < -0.39 is 9.84 Å². The first-order valence-electron chi connectivity index (χ1n) is 6.79. The fraction of sp³-hybridized carbons (Fsp3) is 0.917. The molecule has 0 aromatic rings. The Balaban J connectivity index is 1.86. The van der Waals surface area contributed by atoms with Crippen LogP contribution in [-0.2, 0) is 14.6 Å². The van der Waals surface area contributed by atoms with Crippen molar-refractivity contribution in [3.8, 4) is 0 Å². The standard InChI is InChI=1S/C12H23N3O3S/c1-10-7-15(5-4-13-10)8-12(16)14(2)11-3-6-19(17,18)9-11/h10-11,13H,3-9H2,1-2H3/t10-,11?/m0/s1. The van der Waals surface area contributed by atoms with E-state index in [9.17, 15) is 13.2 Å². The molecule has 0 aromatic heterocycles. The van der Waals surface area contributed by atoms with Crippen LogP contribution in [0.3, 0.4) is 0 Å². The Kier molecular flexibility index (Phi) is 4.47. The fourth-order valence-corrected chi connectivity index (χ4v) is 4.52. The summed E-state index contributed by atoms with van der Waals surface area (Å²) in [5.74, 6) is 0.351. The molecule has 2 atom stereocenters. The number of nitrogens with one attached hydrogen (secondary N) is 1. The van der Waals surface area contributed by atoms with Gasteiger partial charge in [-0.2, -0.15) is 0 Å². The van der Waals surface area contributed by atoms with E-state index >= 15 is 0 Å². The summed E-state index contributed by atoms with van der Waals surface area (Å²) in [7, 11) is -1.21. The predicted molar refractivity (Wildman–Crippen MR) is 73.7 cm³/mol. The molecule has 2 saturated heterocycles. The summed E-state index contributed by atoms with van der Waals surface area (Å²) in [5, 5.41) is 3.33. The largest absolute Gasteiger partial charge is 0.341 e. The first-order valence-corrected chi connectivity index (χ1v) is 8.61. The first kappa shape index (κ1) is 14.7. The number of carbonyl (C=O) groups is 1. The van der Waals surface area contributed by atoms with Gasteiger partial charge in [0.2, 0.25) is 5.91 Å². The van der Waals surface area contributed by atoms with Crippen LogP contribution in [0.15, 0.2) is 0 Å². The summed E-state index contributed by atoms with van der Waals surface area (Å²) in [6.45, 7) is 5.12. The second kappa shape index (κ2) is 5.76. The minimum absolute atomic E-state index is 0.0243. The molecule has 0 aromatic carbocycles. The molecule has 2 fully saturated rings. The summed E-state index contributed by atoms with van der Waals surface area (Å²) in [4.78, 5) is 15.9. The molecule has 2 heterocycles. The Morgan fingerprint density at radius 3 is 2.79 bits per heavy atom. The Hall–Kier alpha value is -0.660. The van der Waals surface area contributed by atoms with Crippen molar-refractivity contribution in [2.45, 2.75) is 25.4 Å². The van der Waals surface area contributed by atoms with Crippen molar-refractivity contribution in [1.82, 2.24) is 15.1 Å². The van der Waals surface area contributed by atoms with Gasteiger partial charge in [0.15, 0.2) is 9.84 Å². The molecule has 1 amide bonds. The van der Waals surface area contributed by atoms with Crippen LogP contribution in [0.4, 0.5) is 0 Å². The Labute approximate surface area is 115 Å². The third-order valence-corrected chi connectivity index (χ3v) is 5.71. The van der Waals surface area contributed by atoms with Crippen LogP contribution < -0.4 is 5.32 Å². The summed E-state index contributed by atoms with van der Waals surface area (Å²) < 4.78 is 22.9. The van der Waals surface area contributed by atoms with Crippen molar-refractivity contribution >= 4 is 15.7 Å². The van der Waals surface area contributed by atoms with Gasteiger partial charge in [-0.25, -0.2) is 8.42 Å². The molecule has 0 saturated carbocycles. The molecule has 0 spiro atoms. The van der Waals surface area contributed by atoms with Crippen molar-refractivity contribution in [3.05, 3.63) is 0 Å². The zero-order valence-corrected chi connectivity index (χ0v) is 12.4. The number of likely N-dealkylation sites (N-methyl/N-ethyl adjacent to an activating group) is 1. The summed E-state index contributed by atoms with van der Waals surface area (Å²) >= 11 is 0. The van der Waals surface area contributed by atoms with Crippen LogP contribution in [0.2, 0.25) is 0 Å². The molecule has 1 N–H and O–H groups in total. The molecule has 0 bridgehead atoms. The second-order valence-electron chi connectivity index (χ2n) is 5.65. The molecule has 2 rings (SSSR count). The minimum atomic E-state index is -2.93. The molecule has 1 unspecified atom stereocenters. The highest BCUT2D eigenvalue weighted by Gasteiger charge is 2.33. The highest BCUT2D eigenvalue weighted by molar-refractivity contribution is 7.91. The number of hydrogen-bond donors (Lipinski definition) is 1. The molecular weight excluding hydrogens is 266 g/mol. The lowest BCUT2D eigenvalue weighted by atomic mass is 10.2. The van der Waals surface area contributed by atoms with Crippen LogP contribution in [0, 0.1) is 0 Å². The minimum Gasteiger partial charge on any atom is -0.341 e. The van der Waals surface area contributed by atoms with Crippen molar-refractivity contribution in [2.75, 3.05) is 44.7 Å². The van der Waals surface area contributed by atoms with Crippen LogP contribution >= 0.6 is 0 Å². The van der Waals surface area contributed by atoms with E-state index in [1.54, 1.807) is 11.9 Å². The fourth-order valence-electron chi connectivity index (χ4n) is 2.74.